The lowest BCUT2D eigenvalue weighted by atomic mass is 9.78. The SMILES string of the molecule is CC(=O)O[C@H]1[C@H](C)[C@H](O)[C@H](C)C[C@@H](C(C)OC(=O)C(C)(C)CC(=O)O)/C=C/C=C(/C)C(=O)NC2=CC(=O)c3c(c(O)c(C)c4c3C(=O)[C@@](C)(O/C=C/[C@H](O[C@H]3C[C@@H]5OCO[C@@H]5[C@@H](C)O3)[C@H]1C)O4)C2=O. The van der Waals surface area contributed by atoms with E-state index in [4.69, 9.17) is 37.9 Å². The molecule has 6 aliphatic rings. The molecule has 1 aromatic carbocycles. The standard InChI is InChI=1S/C50H63NO18/c1-22-13-12-14-30(27(6)66-48(61)49(9,10)20-35(54)55)17-23(2)40(56)25(4)43(67-29(8)52)24(3)33(68-36-19-34-45(28(7)65-36)63-21-62-34)15-16-64-50(11)46(59)39-37-32(53)18-31(51-47(22)60)42(58)38(37)41(57)26(5)44(39)69-50/h12-16,18,23-25,27-28,30,33-34,36,40,43,45,56-57H,17,19-21H2,1-11H3,(H,51,60)(H,54,55)/b14-12+,16-15+,22-13-/t23-,24-,25-,27?,28-,30+,33+,34+,36+,40-,43-,45-,50+/m1/s1. The van der Waals surface area contributed by atoms with E-state index in [0.29, 0.717) is 0 Å². The fourth-order valence-electron chi connectivity index (χ4n) is 9.44. The van der Waals surface area contributed by atoms with Crippen molar-refractivity contribution in [2.24, 2.45) is 29.1 Å². The Labute approximate surface area is 400 Å². The van der Waals surface area contributed by atoms with Gasteiger partial charge in [-0.3, -0.25) is 33.6 Å². The predicted molar refractivity (Wildman–Crippen MR) is 241 cm³/mol. The van der Waals surface area contributed by atoms with E-state index in [1.807, 2.05) is 6.92 Å². The molecule has 0 saturated carbocycles. The van der Waals surface area contributed by atoms with Crippen molar-refractivity contribution in [3.05, 3.63) is 70.2 Å². The number of hydrogen-bond donors (Lipinski definition) is 4. The lowest BCUT2D eigenvalue weighted by Gasteiger charge is -2.40. The lowest BCUT2D eigenvalue weighted by Crippen LogP contribution is -2.49. The number of amides is 1. The number of phenolic OH excluding ortho intramolecular Hbond substituents is 1. The molecular formula is C50H63NO18. The zero-order valence-corrected chi connectivity index (χ0v) is 40.7. The molecule has 5 heterocycles. The van der Waals surface area contributed by atoms with E-state index in [0.717, 1.165) is 12.3 Å². The summed E-state index contributed by atoms with van der Waals surface area (Å²) in [5.74, 6) is -11.9. The Morgan fingerprint density at radius 1 is 0.986 bits per heavy atom. The number of rotatable bonds is 8. The lowest BCUT2D eigenvalue weighted by molar-refractivity contribution is -0.246. The molecule has 5 bridgehead atoms. The maximum atomic E-state index is 14.3. The Hall–Kier alpha value is -5.73. The maximum Gasteiger partial charge on any atom is 0.312 e. The minimum Gasteiger partial charge on any atom is -0.507 e. The number of benzene rings is 1. The number of ether oxygens (including phenoxy) is 8. The van der Waals surface area contributed by atoms with Gasteiger partial charge in [-0.05, 0) is 60.0 Å². The molecule has 1 aliphatic carbocycles. The predicted octanol–water partition coefficient (Wildman–Crippen LogP) is 5.32. The number of aliphatic hydroxyl groups excluding tert-OH is 1. The van der Waals surface area contributed by atoms with Crippen LogP contribution in [0.3, 0.4) is 0 Å². The first-order chi connectivity index (χ1) is 32.3. The van der Waals surface area contributed by atoms with Crippen molar-refractivity contribution in [1.82, 2.24) is 5.32 Å². The summed E-state index contributed by atoms with van der Waals surface area (Å²) in [6, 6.07) is 0. The Morgan fingerprint density at radius 3 is 2.35 bits per heavy atom. The maximum absolute atomic E-state index is 14.3. The molecule has 19 nitrogen and oxygen atoms in total. The van der Waals surface area contributed by atoms with Crippen molar-refractivity contribution in [2.75, 3.05) is 6.79 Å². The summed E-state index contributed by atoms with van der Waals surface area (Å²) in [5.41, 5.74) is -3.09. The van der Waals surface area contributed by atoms with E-state index in [9.17, 15) is 48.9 Å². The monoisotopic (exact) mass is 965 g/mol. The number of carboxylic acids is 1. The number of Topliss-reactive ketones (excluding diaryl/α,β-unsaturated/α-hetero) is 2. The number of allylic oxidation sites excluding steroid dienone is 4. The molecule has 1 aromatic rings. The Morgan fingerprint density at radius 2 is 1.68 bits per heavy atom. The van der Waals surface area contributed by atoms with Crippen LogP contribution in [-0.2, 0) is 52.3 Å². The van der Waals surface area contributed by atoms with Crippen molar-refractivity contribution in [3.8, 4) is 11.5 Å². The molecule has 376 valence electrons. The third-order valence-electron chi connectivity index (χ3n) is 13.6. The van der Waals surface area contributed by atoms with Crippen molar-refractivity contribution >= 4 is 41.2 Å². The van der Waals surface area contributed by atoms with Crippen LogP contribution in [-0.4, -0.2) is 118 Å². The second-order valence-corrected chi connectivity index (χ2v) is 19.5. The summed E-state index contributed by atoms with van der Waals surface area (Å²) in [5, 5.41) is 35.4. The average Bonchev–Trinajstić information content (AvgIpc) is 3.85. The van der Waals surface area contributed by atoms with E-state index < -0.39 is 142 Å². The minimum atomic E-state index is -2.15. The van der Waals surface area contributed by atoms with Crippen molar-refractivity contribution in [1.29, 1.82) is 0 Å². The number of esters is 2. The summed E-state index contributed by atoms with van der Waals surface area (Å²) in [7, 11) is 0. The van der Waals surface area contributed by atoms with Gasteiger partial charge in [0.1, 0.15) is 36.6 Å². The highest BCUT2D eigenvalue weighted by Crippen LogP contribution is 2.48. The minimum absolute atomic E-state index is 0.0467. The molecule has 4 N–H and O–H groups in total. The highest BCUT2D eigenvalue weighted by molar-refractivity contribution is 6.30. The van der Waals surface area contributed by atoms with Crippen LogP contribution in [0.15, 0.2) is 47.9 Å². The molecular weight excluding hydrogens is 903 g/mol. The van der Waals surface area contributed by atoms with Gasteiger partial charge in [-0.15, -0.1) is 0 Å². The highest BCUT2D eigenvalue weighted by Gasteiger charge is 2.52. The van der Waals surface area contributed by atoms with Gasteiger partial charge in [0.2, 0.25) is 5.78 Å². The van der Waals surface area contributed by atoms with Gasteiger partial charge < -0.3 is 58.5 Å². The second kappa shape index (κ2) is 20.7. The normalized spacial score (nSPS) is 34.2. The first kappa shape index (κ1) is 52.6. The number of hydrogen-bond acceptors (Lipinski definition) is 17. The van der Waals surface area contributed by atoms with Gasteiger partial charge in [-0.1, -0.05) is 39.0 Å². The number of aliphatic hydroxyl groups is 1. The first-order valence-corrected chi connectivity index (χ1v) is 23.0. The molecule has 0 radical (unpaired) electrons. The van der Waals surface area contributed by atoms with Gasteiger partial charge >= 0.3 is 23.7 Å². The van der Waals surface area contributed by atoms with E-state index in [-0.39, 0.29) is 54.3 Å². The van der Waals surface area contributed by atoms with Crippen molar-refractivity contribution in [3.63, 3.8) is 0 Å². The zero-order chi connectivity index (χ0) is 51.0. The average molecular weight is 966 g/mol. The second-order valence-electron chi connectivity index (χ2n) is 19.5. The fraction of sp³-hybridized carbons (Fsp3) is 0.580. The van der Waals surface area contributed by atoms with Crippen LogP contribution in [0, 0.1) is 36.0 Å². The third-order valence-corrected chi connectivity index (χ3v) is 13.6. The third kappa shape index (κ3) is 11.0. The van der Waals surface area contributed by atoms with Crippen LogP contribution in [0.1, 0.15) is 125 Å². The number of phenols is 1. The van der Waals surface area contributed by atoms with Gasteiger partial charge in [-0.2, -0.15) is 0 Å². The molecule has 5 aliphatic heterocycles. The molecule has 1 unspecified atom stereocenters. The molecule has 13 atom stereocenters. The molecule has 0 aromatic heterocycles. The van der Waals surface area contributed by atoms with Crippen LogP contribution in [0.5, 0.6) is 11.5 Å². The number of nitrogens with one attached hydrogen (secondary N) is 1. The number of carbonyl (C=O) groups is 7. The summed E-state index contributed by atoms with van der Waals surface area (Å²) in [6.07, 6.45) is 1.81. The van der Waals surface area contributed by atoms with Crippen LogP contribution >= 0.6 is 0 Å². The molecule has 1 amide bonds. The smallest absolute Gasteiger partial charge is 0.312 e. The van der Waals surface area contributed by atoms with Gasteiger partial charge in [0.15, 0.2) is 12.1 Å². The Balaban J connectivity index is 1.43. The van der Waals surface area contributed by atoms with Crippen molar-refractivity contribution in [2.45, 2.75) is 150 Å². The van der Waals surface area contributed by atoms with E-state index in [2.05, 4.69) is 5.32 Å². The molecule has 2 saturated heterocycles. The quantitative estimate of drug-likeness (QED) is 0.240. The summed E-state index contributed by atoms with van der Waals surface area (Å²) in [4.78, 5) is 93.5. The number of carboxylic acid groups (broad SMARTS) is 1. The number of aromatic hydroxyl groups is 1. The van der Waals surface area contributed by atoms with Crippen LogP contribution < -0.4 is 10.1 Å². The van der Waals surface area contributed by atoms with E-state index in [1.54, 1.807) is 33.8 Å². The van der Waals surface area contributed by atoms with Crippen LogP contribution in [0.25, 0.3) is 0 Å². The number of carbonyl (C=O) groups excluding carboxylic acids is 6. The Kier molecular flexibility index (Phi) is 15.8. The molecule has 2 fully saturated rings. The first-order valence-electron chi connectivity index (χ1n) is 23.0. The van der Waals surface area contributed by atoms with E-state index in [1.165, 1.54) is 59.8 Å². The van der Waals surface area contributed by atoms with Crippen LogP contribution in [0.4, 0.5) is 0 Å². The largest absolute Gasteiger partial charge is 0.507 e. The number of fused-ring (bicyclic) bond motifs is 15. The topological polar surface area (TPSA) is 266 Å². The number of ketones is 3. The molecule has 0 spiro atoms. The van der Waals surface area contributed by atoms with Gasteiger partial charge in [-0.25, -0.2) is 0 Å². The zero-order valence-electron chi connectivity index (χ0n) is 40.7. The van der Waals surface area contributed by atoms with Crippen LogP contribution in [0.2, 0.25) is 0 Å². The molecule has 19 heteroatoms. The summed E-state index contributed by atoms with van der Waals surface area (Å²) < 4.78 is 48.3. The molecule has 7 rings (SSSR count). The van der Waals surface area contributed by atoms with E-state index >= 15 is 0 Å². The van der Waals surface area contributed by atoms with Gasteiger partial charge in [0, 0.05) is 55.2 Å². The molecule has 69 heavy (non-hydrogen) atoms. The summed E-state index contributed by atoms with van der Waals surface area (Å²) in [6.45, 7) is 17.0. The van der Waals surface area contributed by atoms with Crippen molar-refractivity contribution < 1.29 is 86.8 Å². The summed E-state index contributed by atoms with van der Waals surface area (Å²) >= 11 is 0. The highest BCUT2D eigenvalue weighted by atomic mass is 16.7. The number of aliphatic carboxylic acids is 1. The Bertz CT molecular complexity index is 2380. The van der Waals surface area contributed by atoms with Gasteiger partial charge in [0.05, 0.1) is 64.9 Å². The fourth-order valence-corrected chi connectivity index (χ4v) is 9.44. The van der Waals surface area contributed by atoms with Gasteiger partial charge in [0.25, 0.3) is 11.7 Å².